The Bertz CT molecular complexity index is 476. The second-order valence-electron chi connectivity index (χ2n) is 9.89. The summed E-state index contributed by atoms with van der Waals surface area (Å²) in [7, 11) is 0. The maximum atomic E-state index is 13.8. The summed E-state index contributed by atoms with van der Waals surface area (Å²) in [5.74, 6) is -0.561. The number of esters is 1. The van der Waals surface area contributed by atoms with Crippen molar-refractivity contribution in [3.63, 3.8) is 0 Å². The average molecular weight is 502 g/mol. The molecule has 0 rings (SSSR count). The molecule has 5 nitrogen and oxygen atoms in total. The minimum Gasteiger partial charge on any atom is -0.464 e. The van der Waals surface area contributed by atoms with E-state index >= 15 is 0 Å². The number of carbonyl (C=O) groups excluding carboxylic acids is 2. The molecule has 1 amide bonds. The van der Waals surface area contributed by atoms with Gasteiger partial charge < -0.3 is 14.8 Å². The Balaban J connectivity index is 3.37. The summed E-state index contributed by atoms with van der Waals surface area (Å²) in [5.41, 5.74) is 0. The first-order chi connectivity index (χ1) is 17.1. The summed E-state index contributed by atoms with van der Waals surface area (Å²) < 4.78 is 23.9. The quantitative estimate of drug-likeness (QED) is 0.0949. The minimum absolute atomic E-state index is 0.0464. The van der Waals surface area contributed by atoms with Crippen LogP contribution >= 0.6 is 0 Å². The Labute approximate surface area is 215 Å². The van der Waals surface area contributed by atoms with Crippen LogP contribution in [-0.2, 0) is 14.3 Å². The van der Waals surface area contributed by atoms with E-state index in [-0.39, 0.29) is 19.6 Å². The predicted molar refractivity (Wildman–Crippen MR) is 144 cm³/mol. The minimum atomic E-state index is -0.938. The number of carbonyl (C=O) groups is 2. The van der Waals surface area contributed by atoms with Crippen LogP contribution in [0.5, 0.6) is 0 Å². The maximum absolute atomic E-state index is 13.8. The zero-order valence-electron chi connectivity index (χ0n) is 23.1. The molecule has 0 heterocycles. The molecule has 0 aliphatic rings. The average Bonchev–Trinajstić information content (AvgIpc) is 2.85. The summed E-state index contributed by atoms with van der Waals surface area (Å²) in [6.45, 7) is 4.58. The number of halogens is 1. The molecule has 208 valence electrons. The third kappa shape index (κ3) is 27.1. The third-order valence-electron chi connectivity index (χ3n) is 6.42. The van der Waals surface area contributed by atoms with Crippen LogP contribution in [0.2, 0.25) is 0 Å². The molecule has 0 aliphatic heterocycles. The summed E-state index contributed by atoms with van der Waals surface area (Å²) in [6.07, 6.45) is 22.6. The van der Waals surface area contributed by atoms with Crippen molar-refractivity contribution in [3.05, 3.63) is 0 Å². The van der Waals surface area contributed by atoms with E-state index in [1.54, 1.807) is 0 Å². The van der Waals surface area contributed by atoms with E-state index < -0.39 is 18.2 Å². The van der Waals surface area contributed by atoms with Crippen molar-refractivity contribution < 1.29 is 23.5 Å². The van der Waals surface area contributed by atoms with Gasteiger partial charge in [-0.25, -0.2) is 9.18 Å². The van der Waals surface area contributed by atoms with Crippen molar-refractivity contribution in [1.82, 2.24) is 5.32 Å². The summed E-state index contributed by atoms with van der Waals surface area (Å²) in [5, 5.41) is 2.39. The Hall–Kier alpha value is -1.33. The number of ether oxygens (including phenoxy) is 2. The van der Waals surface area contributed by atoms with E-state index in [1.165, 1.54) is 89.9 Å². The Kier molecular flexibility index (Phi) is 26.2. The van der Waals surface area contributed by atoms with Crippen LogP contribution in [0.25, 0.3) is 0 Å². The number of nitrogens with one attached hydrogen (secondary N) is 1. The van der Waals surface area contributed by atoms with Crippen molar-refractivity contribution in [2.45, 2.75) is 155 Å². The second-order valence-corrected chi connectivity index (χ2v) is 9.89. The SMILES string of the molecule is CCCCCCCCCCCCCCCCOC(=O)NCC(=O)OCCC(F)CCCCCCC. The lowest BCUT2D eigenvalue weighted by Crippen LogP contribution is -2.31. The van der Waals surface area contributed by atoms with Crippen molar-refractivity contribution in [1.29, 1.82) is 0 Å². The van der Waals surface area contributed by atoms with Gasteiger partial charge in [0.25, 0.3) is 0 Å². The molecule has 6 heteroatoms. The van der Waals surface area contributed by atoms with Gasteiger partial charge in [0, 0.05) is 6.42 Å². The maximum Gasteiger partial charge on any atom is 0.407 e. The molecular weight excluding hydrogens is 445 g/mol. The van der Waals surface area contributed by atoms with Gasteiger partial charge in [-0.05, 0) is 12.8 Å². The fourth-order valence-corrected chi connectivity index (χ4v) is 4.12. The molecule has 1 unspecified atom stereocenters. The molecule has 0 aromatic heterocycles. The molecule has 0 aromatic rings. The standard InChI is InChI=1S/C29H56FNO4/c1-3-5-7-9-10-11-12-13-14-15-16-17-19-21-24-35-29(33)31-26-28(32)34-25-23-27(30)22-20-18-8-6-4-2/h27H,3-26H2,1-2H3,(H,31,33). The smallest absolute Gasteiger partial charge is 0.407 e. The molecule has 35 heavy (non-hydrogen) atoms. The first kappa shape index (κ1) is 33.7. The lowest BCUT2D eigenvalue weighted by Gasteiger charge is -2.10. The Morgan fingerprint density at radius 3 is 1.57 bits per heavy atom. The molecule has 0 aliphatic carbocycles. The normalized spacial score (nSPS) is 11.9. The van der Waals surface area contributed by atoms with Gasteiger partial charge in [0.15, 0.2) is 0 Å². The van der Waals surface area contributed by atoms with Crippen molar-refractivity contribution >= 4 is 12.1 Å². The number of unbranched alkanes of at least 4 members (excludes halogenated alkanes) is 17. The van der Waals surface area contributed by atoms with Crippen LogP contribution in [0.15, 0.2) is 0 Å². The molecule has 1 atom stereocenters. The van der Waals surface area contributed by atoms with Crippen LogP contribution in [0.3, 0.4) is 0 Å². The molecular formula is C29H56FNO4. The summed E-state index contributed by atoms with van der Waals surface area (Å²) in [6, 6.07) is 0. The largest absolute Gasteiger partial charge is 0.464 e. The Morgan fingerprint density at radius 1 is 0.600 bits per heavy atom. The van der Waals surface area contributed by atoms with Gasteiger partial charge in [0.05, 0.1) is 13.2 Å². The zero-order chi connectivity index (χ0) is 25.8. The lowest BCUT2D eigenvalue weighted by atomic mass is 10.0. The van der Waals surface area contributed by atoms with Gasteiger partial charge in [0.1, 0.15) is 12.7 Å². The molecule has 1 N–H and O–H groups in total. The first-order valence-corrected chi connectivity index (χ1v) is 14.8. The van der Waals surface area contributed by atoms with E-state index in [0.29, 0.717) is 13.0 Å². The fourth-order valence-electron chi connectivity index (χ4n) is 4.12. The van der Waals surface area contributed by atoms with Gasteiger partial charge in [-0.1, -0.05) is 129 Å². The van der Waals surface area contributed by atoms with Gasteiger partial charge in [-0.3, -0.25) is 4.79 Å². The zero-order valence-corrected chi connectivity index (χ0v) is 23.1. The van der Waals surface area contributed by atoms with Gasteiger partial charge in [-0.2, -0.15) is 0 Å². The second kappa shape index (κ2) is 27.3. The first-order valence-electron chi connectivity index (χ1n) is 14.8. The molecule has 0 saturated heterocycles. The highest BCUT2D eigenvalue weighted by Gasteiger charge is 2.10. The molecule has 0 aromatic carbocycles. The van der Waals surface area contributed by atoms with Crippen molar-refractivity contribution in [2.75, 3.05) is 19.8 Å². The lowest BCUT2D eigenvalue weighted by molar-refractivity contribution is -0.142. The topological polar surface area (TPSA) is 64.6 Å². The Morgan fingerprint density at radius 2 is 1.06 bits per heavy atom. The van der Waals surface area contributed by atoms with Gasteiger partial charge in [0.2, 0.25) is 0 Å². The van der Waals surface area contributed by atoms with Crippen molar-refractivity contribution in [2.24, 2.45) is 0 Å². The van der Waals surface area contributed by atoms with E-state index in [4.69, 9.17) is 9.47 Å². The fraction of sp³-hybridized carbons (Fsp3) is 0.931. The third-order valence-corrected chi connectivity index (χ3v) is 6.42. The molecule has 0 saturated carbocycles. The molecule has 0 fully saturated rings. The number of hydrogen-bond acceptors (Lipinski definition) is 4. The predicted octanol–water partition coefficient (Wildman–Crippen LogP) is 8.83. The van der Waals surface area contributed by atoms with Gasteiger partial charge in [-0.15, -0.1) is 0 Å². The monoisotopic (exact) mass is 501 g/mol. The summed E-state index contributed by atoms with van der Waals surface area (Å²) in [4.78, 5) is 23.3. The summed E-state index contributed by atoms with van der Waals surface area (Å²) >= 11 is 0. The molecule has 0 bridgehead atoms. The van der Waals surface area contributed by atoms with E-state index in [9.17, 15) is 14.0 Å². The molecule has 0 radical (unpaired) electrons. The number of amides is 1. The van der Waals surface area contributed by atoms with Crippen LogP contribution < -0.4 is 5.32 Å². The van der Waals surface area contributed by atoms with Crippen molar-refractivity contribution in [3.8, 4) is 0 Å². The highest BCUT2D eigenvalue weighted by molar-refractivity contribution is 5.77. The number of rotatable bonds is 26. The number of hydrogen-bond donors (Lipinski definition) is 1. The molecule has 0 spiro atoms. The van der Waals surface area contributed by atoms with Crippen LogP contribution in [0, 0.1) is 0 Å². The highest BCUT2D eigenvalue weighted by atomic mass is 19.1. The van der Waals surface area contributed by atoms with E-state index in [2.05, 4.69) is 19.2 Å². The van der Waals surface area contributed by atoms with Crippen LogP contribution in [0.1, 0.15) is 149 Å². The van der Waals surface area contributed by atoms with E-state index in [0.717, 1.165) is 32.1 Å². The highest BCUT2D eigenvalue weighted by Crippen LogP contribution is 2.13. The van der Waals surface area contributed by atoms with Crippen LogP contribution in [0.4, 0.5) is 9.18 Å². The number of alkyl halides is 1. The van der Waals surface area contributed by atoms with Crippen LogP contribution in [-0.4, -0.2) is 38.0 Å². The van der Waals surface area contributed by atoms with Gasteiger partial charge >= 0.3 is 12.1 Å². The number of alkyl carbamates (subject to hydrolysis) is 1. The van der Waals surface area contributed by atoms with E-state index in [1.807, 2.05) is 0 Å².